The molecule has 0 aromatic rings. The second kappa shape index (κ2) is 6.55. The lowest BCUT2D eigenvalue weighted by molar-refractivity contribution is 0.0863. The molecule has 0 amide bonds. The Morgan fingerprint density at radius 3 is 2.95 bits per heavy atom. The van der Waals surface area contributed by atoms with E-state index in [1.165, 1.54) is 51.6 Å². The van der Waals surface area contributed by atoms with Crippen LogP contribution >= 0.6 is 0 Å². The van der Waals surface area contributed by atoms with E-state index < -0.39 is 0 Å². The van der Waals surface area contributed by atoms with Gasteiger partial charge in [-0.3, -0.25) is 4.90 Å². The molecule has 2 saturated heterocycles. The number of hydrogen-bond acceptors (Lipinski definition) is 3. The van der Waals surface area contributed by atoms with Gasteiger partial charge in [0.15, 0.2) is 0 Å². The van der Waals surface area contributed by atoms with E-state index in [0.717, 1.165) is 31.7 Å². The molecule has 3 rings (SSSR count). The summed E-state index contributed by atoms with van der Waals surface area (Å²) in [7, 11) is 0. The van der Waals surface area contributed by atoms with Crippen LogP contribution in [0.15, 0.2) is 0 Å². The Hall–Kier alpha value is -0.120. The van der Waals surface area contributed by atoms with E-state index in [1.807, 2.05) is 0 Å². The zero-order valence-corrected chi connectivity index (χ0v) is 12.4. The minimum Gasteiger partial charge on any atom is -0.379 e. The first-order valence-corrected chi connectivity index (χ1v) is 8.43. The molecule has 0 aromatic heterocycles. The van der Waals surface area contributed by atoms with Gasteiger partial charge in [0.1, 0.15) is 0 Å². The molecule has 1 N–H and O–H groups in total. The quantitative estimate of drug-likeness (QED) is 0.826. The summed E-state index contributed by atoms with van der Waals surface area (Å²) in [6.07, 6.45) is 8.52. The molecule has 1 aliphatic carbocycles. The summed E-state index contributed by atoms with van der Waals surface area (Å²) in [6.45, 7) is 7.87. The fourth-order valence-corrected chi connectivity index (χ4v) is 4.42. The minimum absolute atomic E-state index is 0.599. The molecule has 0 radical (unpaired) electrons. The number of fused-ring (bicyclic) bond motifs is 1. The highest BCUT2D eigenvalue weighted by Crippen LogP contribution is 2.37. The molecule has 0 spiro atoms. The van der Waals surface area contributed by atoms with Crippen molar-refractivity contribution in [1.29, 1.82) is 0 Å². The molecule has 2 heterocycles. The lowest BCUT2D eigenvalue weighted by atomic mass is 9.90. The normalized spacial score (nSPS) is 39.6. The Kier molecular flexibility index (Phi) is 4.78. The van der Waals surface area contributed by atoms with Crippen LogP contribution in [0.2, 0.25) is 0 Å². The Morgan fingerprint density at radius 1 is 1.16 bits per heavy atom. The smallest absolute Gasteiger partial charge is 0.0623 e. The van der Waals surface area contributed by atoms with Gasteiger partial charge >= 0.3 is 0 Å². The highest BCUT2D eigenvalue weighted by Gasteiger charge is 2.37. The number of piperidine rings is 1. The predicted molar refractivity (Wildman–Crippen MR) is 78.3 cm³/mol. The van der Waals surface area contributed by atoms with Gasteiger partial charge in [0.2, 0.25) is 0 Å². The SMILES string of the molecule is CCCNC1COCC1CN1CCCC2CCCC21. The summed E-state index contributed by atoms with van der Waals surface area (Å²) in [4.78, 5) is 2.81. The van der Waals surface area contributed by atoms with Crippen LogP contribution in [-0.4, -0.2) is 49.8 Å². The average molecular weight is 266 g/mol. The molecule has 4 atom stereocenters. The maximum atomic E-state index is 5.73. The fraction of sp³-hybridized carbons (Fsp3) is 1.00. The van der Waals surface area contributed by atoms with E-state index in [-0.39, 0.29) is 0 Å². The van der Waals surface area contributed by atoms with Crippen LogP contribution in [0.3, 0.4) is 0 Å². The number of nitrogens with one attached hydrogen (secondary N) is 1. The Labute approximate surface area is 118 Å². The van der Waals surface area contributed by atoms with E-state index >= 15 is 0 Å². The van der Waals surface area contributed by atoms with E-state index in [1.54, 1.807) is 0 Å². The molecule has 1 saturated carbocycles. The molecule has 4 unspecified atom stereocenters. The van der Waals surface area contributed by atoms with Gasteiger partial charge in [-0.2, -0.15) is 0 Å². The molecular formula is C16H30N2O. The van der Waals surface area contributed by atoms with E-state index in [4.69, 9.17) is 4.74 Å². The fourth-order valence-electron chi connectivity index (χ4n) is 4.42. The first kappa shape index (κ1) is 13.8. The predicted octanol–water partition coefficient (Wildman–Crippen LogP) is 2.27. The molecular weight excluding hydrogens is 236 g/mol. The van der Waals surface area contributed by atoms with Crippen LogP contribution in [0.25, 0.3) is 0 Å². The largest absolute Gasteiger partial charge is 0.379 e. The number of likely N-dealkylation sites (tertiary alicyclic amines) is 1. The zero-order chi connectivity index (χ0) is 13.1. The van der Waals surface area contributed by atoms with Crippen molar-refractivity contribution in [2.24, 2.45) is 11.8 Å². The molecule has 0 bridgehead atoms. The Morgan fingerprint density at radius 2 is 2.05 bits per heavy atom. The van der Waals surface area contributed by atoms with E-state index in [0.29, 0.717) is 12.0 Å². The van der Waals surface area contributed by atoms with E-state index in [2.05, 4.69) is 17.1 Å². The van der Waals surface area contributed by atoms with Gasteiger partial charge in [-0.15, -0.1) is 0 Å². The molecule has 110 valence electrons. The van der Waals surface area contributed by atoms with Crippen molar-refractivity contribution in [3.8, 4) is 0 Å². The zero-order valence-electron chi connectivity index (χ0n) is 12.4. The molecule has 3 nitrogen and oxygen atoms in total. The standard InChI is InChI=1S/C16H30N2O/c1-2-8-17-15-12-19-11-14(15)10-18-9-4-6-13-5-3-7-16(13)18/h13-17H,2-12H2,1H3. The molecule has 0 aromatic carbocycles. The first-order valence-electron chi connectivity index (χ1n) is 8.43. The van der Waals surface area contributed by atoms with Gasteiger partial charge in [-0.05, 0) is 51.1 Å². The maximum Gasteiger partial charge on any atom is 0.0623 e. The summed E-state index contributed by atoms with van der Waals surface area (Å²) < 4.78 is 5.73. The van der Waals surface area contributed by atoms with Crippen molar-refractivity contribution in [3.63, 3.8) is 0 Å². The van der Waals surface area contributed by atoms with Crippen molar-refractivity contribution < 1.29 is 4.74 Å². The third-order valence-electron chi connectivity index (χ3n) is 5.43. The highest BCUT2D eigenvalue weighted by atomic mass is 16.5. The molecule has 2 aliphatic heterocycles. The lowest BCUT2D eigenvalue weighted by Crippen LogP contribution is -2.48. The van der Waals surface area contributed by atoms with Gasteiger partial charge in [-0.1, -0.05) is 13.3 Å². The van der Waals surface area contributed by atoms with Gasteiger partial charge < -0.3 is 10.1 Å². The van der Waals surface area contributed by atoms with Gasteiger partial charge in [0.25, 0.3) is 0 Å². The van der Waals surface area contributed by atoms with Crippen molar-refractivity contribution in [2.45, 2.75) is 57.5 Å². The second-order valence-electron chi connectivity index (χ2n) is 6.75. The van der Waals surface area contributed by atoms with Crippen LogP contribution in [0, 0.1) is 11.8 Å². The van der Waals surface area contributed by atoms with Crippen molar-refractivity contribution in [1.82, 2.24) is 10.2 Å². The van der Waals surface area contributed by atoms with E-state index in [9.17, 15) is 0 Å². The number of nitrogens with zero attached hydrogens (tertiary/aromatic N) is 1. The first-order chi connectivity index (χ1) is 9.38. The third kappa shape index (κ3) is 3.14. The third-order valence-corrected chi connectivity index (χ3v) is 5.43. The monoisotopic (exact) mass is 266 g/mol. The lowest BCUT2D eigenvalue weighted by Gasteiger charge is -2.39. The van der Waals surface area contributed by atoms with Gasteiger partial charge in [0, 0.05) is 24.5 Å². The second-order valence-corrected chi connectivity index (χ2v) is 6.75. The summed E-state index contributed by atoms with van der Waals surface area (Å²) in [5, 5.41) is 3.68. The topological polar surface area (TPSA) is 24.5 Å². The summed E-state index contributed by atoms with van der Waals surface area (Å²) >= 11 is 0. The maximum absolute atomic E-state index is 5.73. The summed E-state index contributed by atoms with van der Waals surface area (Å²) in [6, 6.07) is 1.50. The summed E-state index contributed by atoms with van der Waals surface area (Å²) in [5.41, 5.74) is 0. The highest BCUT2D eigenvalue weighted by molar-refractivity contribution is 4.92. The van der Waals surface area contributed by atoms with Crippen LogP contribution in [-0.2, 0) is 4.74 Å². The van der Waals surface area contributed by atoms with Crippen molar-refractivity contribution >= 4 is 0 Å². The molecule has 19 heavy (non-hydrogen) atoms. The van der Waals surface area contributed by atoms with Gasteiger partial charge in [-0.25, -0.2) is 0 Å². The van der Waals surface area contributed by atoms with Crippen molar-refractivity contribution in [2.75, 3.05) is 32.8 Å². The number of ether oxygens (including phenoxy) is 1. The molecule has 3 heteroatoms. The minimum atomic E-state index is 0.599. The Bertz CT molecular complexity index is 284. The summed E-state index contributed by atoms with van der Waals surface area (Å²) in [5.74, 6) is 1.73. The average Bonchev–Trinajstić information content (AvgIpc) is 3.05. The number of hydrogen-bond donors (Lipinski definition) is 1. The molecule has 3 aliphatic rings. The Balaban J connectivity index is 1.54. The number of rotatable bonds is 5. The van der Waals surface area contributed by atoms with Crippen LogP contribution < -0.4 is 5.32 Å². The van der Waals surface area contributed by atoms with Crippen LogP contribution in [0.4, 0.5) is 0 Å². The van der Waals surface area contributed by atoms with Gasteiger partial charge in [0.05, 0.1) is 13.2 Å². The van der Waals surface area contributed by atoms with Crippen LogP contribution in [0.1, 0.15) is 45.4 Å². The molecule has 3 fully saturated rings. The van der Waals surface area contributed by atoms with Crippen molar-refractivity contribution in [3.05, 3.63) is 0 Å². The van der Waals surface area contributed by atoms with Crippen LogP contribution in [0.5, 0.6) is 0 Å².